The van der Waals surface area contributed by atoms with Crippen LogP contribution in [0.2, 0.25) is 0 Å². The molecular weight excluding hydrogens is 544 g/mol. The van der Waals surface area contributed by atoms with E-state index in [1.54, 1.807) is 55.3 Å². The van der Waals surface area contributed by atoms with Gasteiger partial charge < -0.3 is 29.2 Å². The number of benzene rings is 2. The molecule has 2 N–H and O–H groups in total. The maximum atomic E-state index is 13.6. The third kappa shape index (κ3) is 5.73. The van der Waals surface area contributed by atoms with E-state index in [2.05, 4.69) is 16.9 Å². The number of ether oxygens (including phenoxy) is 3. The van der Waals surface area contributed by atoms with Crippen LogP contribution in [-0.2, 0) is 25.6 Å². The van der Waals surface area contributed by atoms with Gasteiger partial charge in [-0.2, -0.15) is 0 Å². The Hall–Kier alpha value is -5.39. The lowest BCUT2D eigenvalue weighted by atomic mass is 9.78. The van der Waals surface area contributed by atoms with Gasteiger partial charge in [0.1, 0.15) is 0 Å². The number of imidazole rings is 1. The summed E-state index contributed by atoms with van der Waals surface area (Å²) >= 11 is 0. The number of esters is 2. The summed E-state index contributed by atoms with van der Waals surface area (Å²) in [6.45, 7) is 7.82. The summed E-state index contributed by atoms with van der Waals surface area (Å²) in [5.74, 6) is -2.46. The van der Waals surface area contributed by atoms with Crippen molar-refractivity contribution in [3.63, 3.8) is 0 Å². The summed E-state index contributed by atoms with van der Waals surface area (Å²) in [4.78, 5) is 41.8. The first kappa shape index (κ1) is 29.6. The fourth-order valence-corrected chi connectivity index (χ4v) is 4.86. The molecule has 0 saturated heterocycles. The number of nitro benzene ring substituents is 1. The first-order chi connectivity index (χ1) is 20.1. The Balaban J connectivity index is 1.96. The maximum absolute atomic E-state index is 13.6. The van der Waals surface area contributed by atoms with Gasteiger partial charge in [0.15, 0.2) is 11.5 Å². The molecule has 1 aliphatic heterocycles. The second-order valence-electron chi connectivity index (χ2n) is 9.35. The topological polar surface area (TPSA) is 155 Å². The van der Waals surface area contributed by atoms with E-state index in [1.807, 2.05) is 0 Å². The molecule has 1 atom stereocenters. The highest BCUT2D eigenvalue weighted by Gasteiger charge is 2.40. The molecule has 2 heterocycles. The number of methoxy groups -OCH3 is 2. The number of dihydropyridines is 1. The van der Waals surface area contributed by atoms with Gasteiger partial charge >= 0.3 is 11.9 Å². The number of aromatic hydroxyl groups is 1. The van der Waals surface area contributed by atoms with Gasteiger partial charge in [0.05, 0.1) is 61.4 Å². The molecule has 42 heavy (non-hydrogen) atoms. The average Bonchev–Trinajstić information content (AvgIpc) is 3.50. The van der Waals surface area contributed by atoms with E-state index >= 15 is 0 Å². The van der Waals surface area contributed by atoms with Crippen LogP contribution in [0.15, 0.2) is 84.2 Å². The Kier molecular flexibility index (Phi) is 8.75. The molecule has 12 heteroatoms. The summed E-state index contributed by atoms with van der Waals surface area (Å²) in [7, 11) is 2.62. The van der Waals surface area contributed by atoms with E-state index < -0.39 is 22.8 Å². The van der Waals surface area contributed by atoms with Crippen molar-refractivity contribution in [1.29, 1.82) is 0 Å². The Morgan fingerprint density at radius 2 is 1.95 bits per heavy atom. The first-order valence-electron chi connectivity index (χ1n) is 12.9. The zero-order valence-electron chi connectivity index (χ0n) is 23.5. The van der Waals surface area contributed by atoms with Crippen molar-refractivity contribution in [2.24, 2.45) is 0 Å². The molecule has 4 rings (SSSR count). The lowest BCUT2D eigenvalue weighted by Gasteiger charge is -2.32. The SMILES string of the molecule is C=C(C1=C(C(=O)OCC)C(c2cccc([N+](=O)[O-])c2)C(C(=O)OC)=C(C)N1)c1cc(Cn2ccnc2)c(O)c(OC)c1. The molecule has 218 valence electrons. The molecule has 0 saturated carbocycles. The van der Waals surface area contributed by atoms with Gasteiger partial charge in [-0.25, -0.2) is 14.6 Å². The number of nitro groups is 1. The normalized spacial score (nSPS) is 14.7. The molecule has 1 unspecified atom stereocenters. The standard InChI is InChI=1S/C30H30N4O8/c1-6-42-30(37)26-25(19-8-7-9-22(13-19)34(38)39)24(29(36)41-5)18(3)32-27(26)17(2)20-12-21(15-33-11-10-31-16-33)28(35)23(14-20)40-4/h7-14,16,25,32,35H,2,6,15H2,1,3-5H3. The monoisotopic (exact) mass is 574 g/mol. The second kappa shape index (κ2) is 12.4. The number of nitrogens with one attached hydrogen (secondary N) is 1. The van der Waals surface area contributed by atoms with Gasteiger partial charge in [0.25, 0.3) is 5.69 Å². The van der Waals surface area contributed by atoms with Crippen LogP contribution in [0.4, 0.5) is 5.69 Å². The number of hydrogen-bond donors (Lipinski definition) is 2. The largest absolute Gasteiger partial charge is 0.504 e. The third-order valence-electron chi connectivity index (χ3n) is 6.81. The van der Waals surface area contributed by atoms with Crippen LogP contribution in [0, 0.1) is 10.1 Å². The van der Waals surface area contributed by atoms with Crippen LogP contribution >= 0.6 is 0 Å². The van der Waals surface area contributed by atoms with Gasteiger partial charge in [0, 0.05) is 35.8 Å². The molecule has 0 aliphatic carbocycles. The number of carbonyl (C=O) groups excluding carboxylic acids is 2. The Morgan fingerprint density at radius 3 is 2.57 bits per heavy atom. The van der Waals surface area contributed by atoms with Crippen LogP contribution in [0.25, 0.3) is 5.57 Å². The number of carbonyl (C=O) groups is 2. The number of hydrogen-bond acceptors (Lipinski definition) is 10. The number of allylic oxidation sites excluding steroid dienone is 2. The van der Waals surface area contributed by atoms with E-state index in [-0.39, 0.29) is 47.2 Å². The van der Waals surface area contributed by atoms with Crippen molar-refractivity contribution in [1.82, 2.24) is 14.9 Å². The summed E-state index contributed by atoms with van der Waals surface area (Å²) < 4.78 is 17.7. The summed E-state index contributed by atoms with van der Waals surface area (Å²) in [5.41, 5.74) is 2.09. The van der Waals surface area contributed by atoms with Crippen molar-refractivity contribution in [3.05, 3.63) is 111 Å². The highest BCUT2D eigenvalue weighted by Crippen LogP contribution is 2.44. The number of aromatic nitrogens is 2. The van der Waals surface area contributed by atoms with E-state index in [0.717, 1.165) is 0 Å². The minimum Gasteiger partial charge on any atom is -0.504 e. The average molecular weight is 575 g/mol. The van der Waals surface area contributed by atoms with Crippen LogP contribution in [0.5, 0.6) is 11.5 Å². The van der Waals surface area contributed by atoms with E-state index in [0.29, 0.717) is 28.0 Å². The number of rotatable bonds is 10. The van der Waals surface area contributed by atoms with Gasteiger partial charge in [-0.05, 0) is 42.7 Å². The van der Waals surface area contributed by atoms with Crippen LogP contribution in [-0.4, -0.2) is 52.3 Å². The van der Waals surface area contributed by atoms with Gasteiger partial charge in [0.2, 0.25) is 0 Å². The van der Waals surface area contributed by atoms with E-state index in [4.69, 9.17) is 14.2 Å². The predicted molar refractivity (Wildman–Crippen MR) is 152 cm³/mol. The fourth-order valence-electron chi connectivity index (χ4n) is 4.86. The fraction of sp³-hybridized carbons (Fsp3) is 0.233. The predicted octanol–water partition coefficient (Wildman–Crippen LogP) is 4.22. The molecule has 0 spiro atoms. The number of non-ortho nitro benzene ring substituents is 1. The van der Waals surface area contributed by atoms with E-state index in [9.17, 15) is 24.8 Å². The number of phenolic OH excluding ortho intramolecular Hbond substituents is 1. The highest BCUT2D eigenvalue weighted by molar-refractivity contribution is 6.03. The molecule has 1 aliphatic rings. The minimum absolute atomic E-state index is 0.0107. The molecular formula is C30H30N4O8. The summed E-state index contributed by atoms with van der Waals surface area (Å²) in [5, 5.41) is 25.6. The number of phenols is 1. The molecule has 2 aromatic carbocycles. The van der Waals surface area contributed by atoms with Crippen molar-refractivity contribution in [3.8, 4) is 11.5 Å². The van der Waals surface area contributed by atoms with Crippen molar-refractivity contribution in [2.75, 3.05) is 20.8 Å². The Labute approximate surface area is 241 Å². The quantitative estimate of drug-likeness (QED) is 0.204. The Morgan fingerprint density at radius 1 is 1.19 bits per heavy atom. The maximum Gasteiger partial charge on any atom is 0.337 e. The molecule has 3 aromatic rings. The zero-order chi connectivity index (χ0) is 30.6. The van der Waals surface area contributed by atoms with Crippen molar-refractivity contribution < 1.29 is 33.8 Å². The minimum atomic E-state index is -1.09. The Bertz CT molecular complexity index is 1620. The van der Waals surface area contributed by atoms with Gasteiger partial charge in [-0.15, -0.1) is 0 Å². The van der Waals surface area contributed by atoms with Crippen LogP contribution in [0.3, 0.4) is 0 Å². The summed E-state index contributed by atoms with van der Waals surface area (Å²) in [6, 6.07) is 8.96. The van der Waals surface area contributed by atoms with Crippen molar-refractivity contribution in [2.45, 2.75) is 26.3 Å². The summed E-state index contributed by atoms with van der Waals surface area (Å²) in [6.07, 6.45) is 4.95. The first-order valence-corrected chi connectivity index (χ1v) is 12.9. The molecule has 0 radical (unpaired) electrons. The lowest BCUT2D eigenvalue weighted by molar-refractivity contribution is -0.384. The highest BCUT2D eigenvalue weighted by atomic mass is 16.6. The molecule has 1 aromatic heterocycles. The molecule has 0 amide bonds. The molecule has 0 fully saturated rings. The molecule has 0 bridgehead atoms. The lowest BCUT2D eigenvalue weighted by Crippen LogP contribution is -2.33. The molecule has 12 nitrogen and oxygen atoms in total. The van der Waals surface area contributed by atoms with Gasteiger partial charge in [-0.1, -0.05) is 18.7 Å². The van der Waals surface area contributed by atoms with Crippen LogP contribution in [0.1, 0.15) is 36.5 Å². The van der Waals surface area contributed by atoms with Gasteiger partial charge in [-0.3, -0.25) is 10.1 Å². The van der Waals surface area contributed by atoms with E-state index in [1.165, 1.54) is 32.4 Å². The number of nitrogens with zero attached hydrogens (tertiary/aromatic N) is 3. The van der Waals surface area contributed by atoms with Crippen molar-refractivity contribution >= 4 is 23.2 Å². The van der Waals surface area contributed by atoms with Crippen LogP contribution < -0.4 is 10.1 Å². The second-order valence-corrected chi connectivity index (χ2v) is 9.35. The smallest absolute Gasteiger partial charge is 0.337 e. The zero-order valence-corrected chi connectivity index (χ0v) is 23.5. The third-order valence-corrected chi connectivity index (χ3v) is 6.81.